The number of esters is 1. The Bertz CT molecular complexity index is 669. The van der Waals surface area contributed by atoms with Crippen molar-refractivity contribution in [2.75, 3.05) is 0 Å². The molecule has 0 N–H and O–H groups in total. The fourth-order valence-corrected chi connectivity index (χ4v) is 2.17. The van der Waals surface area contributed by atoms with Crippen LogP contribution in [0.1, 0.15) is 46.8 Å². The van der Waals surface area contributed by atoms with Crippen LogP contribution in [0, 0.1) is 11.3 Å². The van der Waals surface area contributed by atoms with Crippen molar-refractivity contribution in [3.05, 3.63) is 70.8 Å². The maximum atomic E-state index is 12.3. The first-order valence-electron chi connectivity index (χ1n) is 6.87. The van der Waals surface area contributed by atoms with E-state index >= 15 is 0 Å². The van der Waals surface area contributed by atoms with Gasteiger partial charge in [-0.05, 0) is 23.1 Å². The number of carbonyl (C=O) groups excluding carboxylic acids is 1. The Morgan fingerprint density at radius 2 is 1.86 bits per heavy atom. The van der Waals surface area contributed by atoms with Crippen molar-refractivity contribution in [3.8, 4) is 6.07 Å². The molecule has 0 aliphatic heterocycles. The lowest BCUT2D eigenvalue weighted by Crippen LogP contribution is -2.11. The van der Waals surface area contributed by atoms with Gasteiger partial charge in [0.05, 0.1) is 11.1 Å². The van der Waals surface area contributed by atoms with E-state index < -0.39 is 5.97 Å². The number of ether oxygens (including phenoxy) is 1. The van der Waals surface area contributed by atoms with Crippen LogP contribution in [0.25, 0.3) is 0 Å². The molecule has 0 spiro atoms. The molecule has 0 saturated heterocycles. The average Bonchev–Trinajstić information content (AvgIpc) is 2.52. The Morgan fingerprint density at radius 1 is 1.14 bits per heavy atom. The van der Waals surface area contributed by atoms with Gasteiger partial charge in [-0.3, -0.25) is 0 Å². The van der Waals surface area contributed by atoms with Crippen molar-refractivity contribution in [2.24, 2.45) is 0 Å². The fraction of sp³-hybridized carbons (Fsp3) is 0.222. The number of hydrogen-bond donors (Lipinski definition) is 0. The summed E-state index contributed by atoms with van der Waals surface area (Å²) in [7, 11) is 0. The number of nitrogens with zero attached hydrogens (tertiary/aromatic N) is 1. The van der Waals surface area contributed by atoms with E-state index in [1.54, 1.807) is 12.1 Å². The molecule has 0 heterocycles. The van der Waals surface area contributed by atoms with E-state index in [2.05, 4.69) is 6.07 Å². The third-order valence-corrected chi connectivity index (χ3v) is 3.26. The van der Waals surface area contributed by atoms with E-state index in [1.807, 2.05) is 50.2 Å². The molecular weight excluding hydrogens is 262 g/mol. The Morgan fingerprint density at radius 3 is 2.48 bits per heavy atom. The summed E-state index contributed by atoms with van der Waals surface area (Å²) in [5, 5.41) is 9.20. The van der Waals surface area contributed by atoms with Gasteiger partial charge in [0.15, 0.2) is 0 Å². The molecule has 0 bridgehead atoms. The smallest absolute Gasteiger partial charge is 0.340 e. The van der Waals surface area contributed by atoms with Crippen LogP contribution >= 0.6 is 0 Å². The summed E-state index contributed by atoms with van der Waals surface area (Å²) in [6.45, 7) is 4.19. The molecule has 0 fully saturated rings. The van der Waals surface area contributed by atoms with E-state index in [-0.39, 0.29) is 12.5 Å². The Kier molecular flexibility index (Phi) is 4.73. The molecule has 2 rings (SSSR count). The number of carbonyl (C=O) groups is 1. The van der Waals surface area contributed by atoms with Crippen LogP contribution in [0.3, 0.4) is 0 Å². The van der Waals surface area contributed by atoms with E-state index in [4.69, 9.17) is 4.74 Å². The third kappa shape index (κ3) is 3.49. The summed E-state index contributed by atoms with van der Waals surface area (Å²) in [6.07, 6.45) is 0. The van der Waals surface area contributed by atoms with Gasteiger partial charge in [-0.2, -0.15) is 5.26 Å². The van der Waals surface area contributed by atoms with Crippen molar-refractivity contribution in [1.82, 2.24) is 0 Å². The minimum absolute atomic E-state index is 0.151. The fourth-order valence-electron chi connectivity index (χ4n) is 2.17. The van der Waals surface area contributed by atoms with Gasteiger partial charge in [0.2, 0.25) is 0 Å². The van der Waals surface area contributed by atoms with Crippen molar-refractivity contribution >= 4 is 5.97 Å². The van der Waals surface area contributed by atoms with Crippen molar-refractivity contribution in [2.45, 2.75) is 26.4 Å². The van der Waals surface area contributed by atoms with Crippen LogP contribution in [0.5, 0.6) is 0 Å². The van der Waals surface area contributed by atoms with Gasteiger partial charge in [0.1, 0.15) is 12.7 Å². The minimum atomic E-state index is -0.445. The van der Waals surface area contributed by atoms with Crippen molar-refractivity contribution in [3.63, 3.8) is 0 Å². The lowest BCUT2D eigenvalue weighted by Gasteiger charge is -2.13. The summed E-state index contributed by atoms with van der Waals surface area (Å²) in [5.74, 6) is -0.294. The summed E-state index contributed by atoms with van der Waals surface area (Å²) >= 11 is 0. The molecule has 0 saturated carbocycles. The molecule has 0 aromatic heterocycles. The predicted octanol–water partition coefficient (Wildman–Crippen LogP) is 4.04. The Balaban J connectivity index is 2.25. The van der Waals surface area contributed by atoms with Crippen molar-refractivity contribution in [1.29, 1.82) is 5.26 Å². The Hall–Kier alpha value is -2.60. The minimum Gasteiger partial charge on any atom is -0.457 e. The molecule has 0 atom stereocenters. The van der Waals surface area contributed by atoms with Crippen LogP contribution < -0.4 is 0 Å². The van der Waals surface area contributed by atoms with Gasteiger partial charge in [-0.25, -0.2) is 4.79 Å². The SMILES string of the molecule is CC(C)c1cccc(C#N)c1C(=O)OCc1ccccc1. The first-order chi connectivity index (χ1) is 10.1. The zero-order valence-electron chi connectivity index (χ0n) is 12.2. The largest absolute Gasteiger partial charge is 0.457 e. The first kappa shape index (κ1) is 14.8. The maximum Gasteiger partial charge on any atom is 0.340 e. The molecule has 2 aromatic rings. The number of rotatable bonds is 4. The highest BCUT2D eigenvalue weighted by molar-refractivity contribution is 5.94. The summed E-state index contributed by atoms with van der Waals surface area (Å²) in [5.41, 5.74) is 2.50. The Labute approximate surface area is 124 Å². The van der Waals surface area contributed by atoms with Gasteiger partial charge >= 0.3 is 5.97 Å². The molecule has 0 aliphatic rings. The molecule has 3 nitrogen and oxygen atoms in total. The highest BCUT2D eigenvalue weighted by atomic mass is 16.5. The monoisotopic (exact) mass is 279 g/mol. The number of nitriles is 1. The second-order valence-electron chi connectivity index (χ2n) is 5.10. The summed E-state index contributed by atoms with van der Waals surface area (Å²) in [4.78, 5) is 12.3. The van der Waals surface area contributed by atoms with Crippen LogP contribution in [0.15, 0.2) is 48.5 Å². The standard InChI is InChI=1S/C18H17NO2/c1-13(2)16-10-6-9-15(11-19)17(16)18(20)21-12-14-7-4-3-5-8-14/h3-10,13H,12H2,1-2H3. The molecule has 0 aliphatic carbocycles. The molecule has 2 aromatic carbocycles. The quantitative estimate of drug-likeness (QED) is 0.794. The lowest BCUT2D eigenvalue weighted by atomic mass is 9.94. The second kappa shape index (κ2) is 6.71. The highest BCUT2D eigenvalue weighted by Gasteiger charge is 2.19. The molecule has 21 heavy (non-hydrogen) atoms. The first-order valence-corrected chi connectivity index (χ1v) is 6.87. The topological polar surface area (TPSA) is 50.1 Å². The molecule has 106 valence electrons. The lowest BCUT2D eigenvalue weighted by molar-refractivity contribution is 0.0470. The van der Waals surface area contributed by atoms with Crippen LogP contribution in [0.2, 0.25) is 0 Å². The zero-order valence-corrected chi connectivity index (χ0v) is 12.2. The van der Waals surface area contributed by atoms with E-state index in [0.717, 1.165) is 11.1 Å². The van der Waals surface area contributed by atoms with E-state index in [9.17, 15) is 10.1 Å². The molecule has 0 radical (unpaired) electrons. The number of benzene rings is 2. The summed E-state index contributed by atoms with van der Waals surface area (Å²) in [6, 6.07) is 16.9. The molecule has 3 heteroatoms. The molecule has 0 unspecified atom stereocenters. The van der Waals surface area contributed by atoms with Gasteiger partial charge in [0.25, 0.3) is 0 Å². The third-order valence-electron chi connectivity index (χ3n) is 3.26. The molecule has 0 amide bonds. The predicted molar refractivity (Wildman–Crippen MR) is 80.8 cm³/mol. The van der Waals surface area contributed by atoms with E-state index in [1.165, 1.54) is 0 Å². The number of hydrogen-bond acceptors (Lipinski definition) is 3. The van der Waals surface area contributed by atoms with Gasteiger partial charge in [-0.1, -0.05) is 56.3 Å². The van der Waals surface area contributed by atoms with Crippen LogP contribution in [0.4, 0.5) is 0 Å². The van der Waals surface area contributed by atoms with Crippen LogP contribution in [-0.4, -0.2) is 5.97 Å². The van der Waals surface area contributed by atoms with Crippen molar-refractivity contribution < 1.29 is 9.53 Å². The zero-order chi connectivity index (χ0) is 15.2. The van der Waals surface area contributed by atoms with Gasteiger partial charge in [0, 0.05) is 0 Å². The van der Waals surface area contributed by atoms with Gasteiger partial charge in [-0.15, -0.1) is 0 Å². The average molecular weight is 279 g/mol. The molecular formula is C18H17NO2. The highest BCUT2D eigenvalue weighted by Crippen LogP contribution is 2.23. The normalized spacial score (nSPS) is 10.2. The maximum absolute atomic E-state index is 12.3. The van der Waals surface area contributed by atoms with Gasteiger partial charge < -0.3 is 4.74 Å². The summed E-state index contributed by atoms with van der Waals surface area (Å²) < 4.78 is 5.36. The van der Waals surface area contributed by atoms with Crippen LogP contribution in [-0.2, 0) is 11.3 Å². The second-order valence-corrected chi connectivity index (χ2v) is 5.10. The van der Waals surface area contributed by atoms with E-state index in [0.29, 0.717) is 11.1 Å².